The lowest BCUT2D eigenvalue weighted by Gasteiger charge is -2.13. The van der Waals surface area contributed by atoms with Gasteiger partial charge in [-0.2, -0.15) is 0 Å². The summed E-state index contributed by atoms with van der Waals surface area (Å²) in [5.41, 5.74) is 2.90. The molecule has 5 heteroatoms. The molecule has 0 fully saturated rings. The monoisotopic (exact) mass is 302 g/mol. The highest BCUT2D eigenvalue weighted by atomic mass is 35.5. The van der Waals surface area contributed by atoms with Gasteiger partial charge in [-0.1, -0.05) is 23.7 Å². The first-order chi connectivity index (χ1) is 10.1. The number of hydrogen-bond acceptors (Lipinski definition) is 2. The third-order valence-corrected chi connectivity index (χ3v) is 3.57. The molecular weight excluding hydrogens is 291 g/mol. The fraction of sp³-hybridized carbons (Fsp3) is 0.125. The van der Waals surface area contributed by atoms with Crippen molar-refractivity contribution in [1.82, 2.24) is 9.38 Å². The molecule has 0 unspecified atom stereocenters. The number of hydrogen-bond donors (Lipinski definition) is 0. The number of rotatable bonds is 3. The molecule has 3 nitrogen and oxygen atoms in total. The molecule has 3 aromatic rings. The Morgan fingerprint density at radius 3 is 2.90 bits per heavy atom. The zero-order valence-electron chi connectivity index (χ0n) is 11.3. The third kappa shape index (κ3) is 2.54. The molecule has 0 aliphatic carbocycles. The van der Waals surface area contributed by atoms with Crippen LogP contribution in [-0.2, 0) is 11.2 Å². The average Bonchev–Trinajstić information content (AvgIpc) is 2.87. The van der Waals surface area contributed by atoms with Crippen LogP contribution >= 0.6 is 11.6 Å². The molecule has 2 heterocycles. The number of carbonyl (C=O) groups excluding carboxylic acids is 1. The molecule has 106 valence electrons. The van der Waals surface area contributed by atoms with Gasteiger partial charge in [0.1, 0.15) is 11.6 Å². The second kappa shape index (κ2) is 5.30. The van der Waals surface area contributed by atoms with Gasteiger partial charge in [0.25, 0.3) is 0 Å². The van der Waals surface area contributed by atoms with Gasteiger partial charge in [-0.15, -0.1) is 0 Å². The van der Waals surface area contributed by atoms with Gasteiger partial charge in [-0.25, -0.2) is 9.37 Å². The Labute approximate surface area is 126 Å². The summed E-state index contributed by atoms with van der Waals surface area (Å²) < 4.78 is 15.3. The minimum atomic E-state index is -0.329. The van der Waals surface area contributed by atoms with Crippen LogP contribution < -0.4 is 0 Å². The molecule has 0 bridgehead atoms. The second-order valence-electron chi connectivity index (χ2n) is 4.90. The summed E-state index contributed by atoms with van der Waals surface area (Å²) in [5.74, 6) is -0.312. The van der Waals surface area contributed by atoms with Crippen molar-refractivity contribution in [3.05, 3.63) is 59.3 Å². The first kappa shape index (κ1) is 13.8. The van der Waals surface area contributed by atoms with Crippen molar-refractivity contribution in [2.24, 2.45) is 0 Å². The van der Waals surface area contributed by atoms with Crippen LogP contribution in [0.2, 0.25) is 5.02 Å². The van der Waals surface area contributed by atoms with E-state index in [1.165, 1.54) is 19.1 Å². The van der Waals surface area contributed by atoms with Crippen LogP contribution in [0.25, 0.3) is 16.8 Å². The number of imidazole rings is 1. The van der Waals surface area contributed by atoms with Crippen molar-refractivity contribution in [1.29, 1.82) is 0 Å². The predicted octanol–water partition coefficient (Wildman–Crippen LogP) is 3.93. The maximum atomic E-state index is 13.5. The number of aromatic nitrogens is 2. The lowest BCUT2D eigenvalue weighted by Crippen LogP contribution is -2.03. The van der Waals surface area contributed by atoms with E-state index in [-0.39, 0.29) is 18.0 Å². The highest BCUT2D eigenvalue weighted by Gasteiger charge is 2.15. The molecule has 1 aromatic carbocycles. The maximum Gasteiger partial charge on any atom is 0.134 e. The van der Waals surface area contributed by atoms with Crippen molar-refractivity contribution in [2.75, 3.05) is 0 Å². The van der Waals surface area contributed by atoms with Gasteiger partial charge in [0.05, 0.1) is 28.8 Å². The summed E-state index contributed by atoms with van der Waals surface area (Å²) in [4.78, 5) is 15.6. The molecule has 0 radical (unpaired) electrons. The standard InChI is InChI=1S/C16H12ClFN2O/c1-10(21)5-12-7-14(17)15-8-19-9-20(15)16(12)11-3-2-4-13(18)6-11/h2-4,6-9H,5H2,1H3. The van der Waals surface area contributed by atoms with Gasteiger partial charge >= 0.3 is 0 Å². The van der Waals surface area contributed by atoms with E-state index in [1.807, 2.05) is 0 Å². The predicted molar refractivity (Wildman–Crippen MR) is 80.0 cm³/mol. The Morgan fingerprint density at radius 2 is 2.19 bits per heavy atom. The summed E-state index contributed by atoms with van der Waals surface area (Å²) in [5, 5.41) is 0.518. The Morgan fingerprint density at radius 1 is 1.38 bits per heavy atom. The Balaban J connectivity index is 2.34. The van der Waals surface area contributed by atoms with Gasteiger partial charge in [0.2, 0.25) is 0 Å². The van der Waals surface area contributed by atoms with E-state index < -0.39 is 0 Å². The molecule has 0 spiro atoms. The fourth-order valence-electron chi connectivity index (χ4n) is 2.46. The molecule has 0 atom stereocenters. The number of pyridine rings is 1. The number of carbonyl (C=O) groups is 1. The van der Waals surface area contributed by atoms with Crippen LogP contribution in [0.1, 0.15) is 12.5 Å². The normalized spacial score (nSPS) is 11.0. The molecule has 0 N–H and O–H groups in total. The molecule has 0 saturated carbocycles. The highest BCUT2D eigenvalue weighted by molar-refractivity contribution is 6.34. The number of halogens is 2. The minimum Gasteiger partial charge on any atom is -0.300 e. The van der Waals surface area contributed by atoms with E-state index in [1.54, 1.807) is 35.1 Å². The maximum absolute atomic E-state index is 13.5. The van der Waals surface area contributed by atoms with Crippen molar-refractivity contribution in [3.63, 3.8) is 0 Å². The summed E-state index contributed by atoms with van der Waals surface area (Å²) in [6.07, 6.45) is 3.49. The zero-order chi connectivity index (χ0) is 15.0. The minimum absolute atomic E-state index is 0.0168. The third-order valence-electron chi connectivity index (χ3n) is 3.27. The van der Waals surface area contributed by atoms with Crippen LogP contribution in [0.3, 0.4) is 0 Å². The van der Waals surface area contributed by atoms with Crippen LogP contribution in [0, 0.1) is 5.82 Å². The summed E-state index contributed by atoms with van der Waals surface area (Å²) in [6, 6.07) is 8.01. The number of Topliss-reactive ketones (excluding diaryl/α,β-unsaturated/α-hetero) is 1. The van der Waals surface area contributed by atoms with E-state index in [2.05, 4.69) is 4.98 Å². The van der Waals surface area contributed by atoms with Crippen LogP contribution in [0.5, 0.6) is 0 Å². The molecular formula is C16H12ClFN2O. The first-order valence-corrected chi connectivity index (χ1v) is 6.83. The van der Waals surface area contributed by atoms with Gasteiger partial charge in [-0.3, -0.25) is 9.20 Å². The van der Waals surface area contributed by atoms with E-state index >= 15 is 0 Å². The van der Waals surface area contributed by atoms with E-state index in [0.717, 1.165) is 16.8 Å². The van der Waals surface area contributed by atoms with Gasteiger partial charge < -0.3 is 0 Å². The number of fused-ring (bicyclic) bond motifs is 1. The zero-order valence-corrected chi connectivity index (χ0v) is 12.1. The van der Waals surface area contributed by atoms with Crippen LogP contribution in [-0.4, -0.2) is 15.2 Å². The fourth-order valence-corrected chi connectivity index (χ4v) is 2.73. The smallest absolute Gasteiger partial charge is 0.134 e. The highest BCUT2D eigenvalue weighted by Crippen LogP contribution is 2.30. The van der Waals surface area contributed by atoms with E-state index in [9.17, 15) is 9.18 Å². The quantitative estimate of drug-likeness (QED) is 0.735. The van der Waals surface area contributed by atoms with Crippen molar-refractivity contribution in [3.8, 4) is 11.3 Å². The largest absolute Gasteiger partial charge is 0.300 e. The number of benzene rings is 1. The summed E-state index contributed by atoms with van der Waals surface area (Å²) in [7, 11) is 0. The molecule has 0 aliphatic rings. The molecule has 0 aliphatic heterocycles. The van der Waals surface area contributed by atoms with Gasteiger partial charge in [-0.05, 0) is 30.7 Å². The van der Waals surface area contributed by atoms with Gasteiger partial charge in [0.15, 0.2) is 0 Å². The van der Waals surface area contributed by atoms with Crippen molar-refractivity contribution >= 4 is 22.9 Å². The number of ketones is 1. The van der Waals surface area contributed by atoms with Gasteiger partial charge in [0, 0.05) is 12.0 Å². The SMILES string of the molecule is CC(=O)Cc1cc(Cl)c2cncn2c1-c1cccc(F)c1. The van der Waals surface area contributed by atoms with E-state index in [4.69, 9.17) is 11.6 Å². The number of nitrogens with zero attached hydrogens (tertiary/aromatic N) is 2. The molecule has 21 heavy (non-hydrogen) atoms. The van der Waals surface area contributed by atoms with Crippen molar-refractivity contribution in [2.45, 2.75) is 13.3 Å². The first-order valence-electron chi connectivity index (χ1n) is 6.45. The lowest BCUT2D eigenvalue weighted by molar-refractivity contribution is -0.116. The second-order valence-corrected chi connectivity index (χ2v) is 5.31. The Hall–Kier alpha value is -2.20. The van der Waals surface area contributed by atoms with Crippen molar-refractivity contribution < 1.29 is 9.18 Å². The topological polar surface area (TPSA) is 34.4 Å². The van der Waals surface area contributed by atoms with Crippen LogP contribution in [0.4, 0.5) is 4.39 Å². The summed E-state index contributed by atoms with van der Waals surface area (Å²) in [6.45, 7) is 1.52. The Bertz CT molecular complexity index is 841. The molecule has 0 amide bonds. The van der Waals surface area contributed by atoms with Crippen LogP contribution in [0.15, 0.2) is 42.9 Å². The average molecular weight is 303 g/mol. The Kier molecular flexibility index (Phi) is 3.47. The van der Waals surface area contributed by atoms with E-state index in [0.29, 0.717) is 10.6 Å². The molecule has 2 aromatic heterocycles. The molecule has 3 rings (SSSR count). The lowest BCUT2D eigenvalue weighted by atomic mass is 10.0. The molecule has 0 saturated heterocycles. The summed E-state index contributed by atoms with van der Waals surface area (Å²) >= 11 is 6.23.